The maximum Gasteiger partial charge on any atom is 0.323 e. The third-order valence-electron chi connectivity index (χ3n) is 6.97. The molecule has 0 saturated carbocycles. The molecule has 0 spiro atoms. The third kappa shape index (κ3) is 7.92. The number of primary sulfonamides is 2. The number of benzene rings is 3. The summed E-state index contributed by atoms with van der Waals surface area (Å²) in [5.74, 6) is 0.387. The molecule has 0 aromatic heterocycles. The van der Waals surface area contributed by atoms with Crippen LogP contribution in [0.1, 0.15) is 25.3 Å². The molecule has 2 amide bonds. The number of sulfonamides is 2. The zero-order chi connectivity index (χ0) is 30.5. The van der Waals surface area contributed by atoms with E-state index < -0.39 is 26.1 Å². The molecular formula is C28H35N7O5S2. The van der Waals surface area contributed by atoms with Crippen molar-refractivity contribution in [2.75, 3.05) is 43.4 Å². The van der Waals surface area contributed by atoms with Crippen LogP contribution in [-0.2, 0) is 20.0 Å². The smallest absolute Gasteiger partial charge is 0.323 e. The van der Waals surface area contributed by atoms with Gasteiger partial charge in [0.25, 0.3) is 0 Å². The molecule has 12 nitrogen and oxygen atoms in total. The maximum absolute atomic E-state index is 13.0. The Morgan fingerprint density at radius 1 is 0.857 bits per heavy atom. The van der Waals surface area contributed by atoms with E-state index in [1.807, 2.05) is 11.0 Å². The predicted octanol–water partition coefficient (Wildman–Crippen LogP) is 3.04. The van der Waals surface area contributed by atoms with Gasteiger partial charge in [-0.2, -0.15) is 0 Å². The summed E-state index contributed by atoms with van der Waals surface area (Å²) in [4.78, 5) is 17.1. The Morgan fingerprint density at radius 3 is 2.12 bits per heavy atom. The number of unbranched alkanes of at least 4 members (excludes halogenated alkanes) is 1. The van der Waals surface area contributed by atoms with Gasteiger partial charge in [0.2, 0.25) is 20.0 Å². The van der Waals surface area contributed by atoms with Crippen LogP contribution in [0.15, 0.2) is 76.5 Å². The maximum atomic E-state index is 13.0. The van der Waals surface area contributed by atoms with Crippen LogP contribution in [-0.4, -0.2) is 71.2 Å². The number of urea groups is 1. The standard InChI is InChI=1S/C28H35N7O5S2/c1-2-3-13-34-14-16-35(17-15-34)27(29)21-5-4-6-22(18-21)32-28(36)33-26-12-11-24(42(31,39)40)19-25(26)20-7-9-23(10-8-20)41(30,37)38/h4-12,18-19,29H,2-3,13-17H2,1H3,(H2,30,37,38)(H2,31,39,40)(H2,32,33,36). The van der Waals surface area contributed by atoms with E-state index in [2.05, 4.69) is 22.5 Å². The molecule has 3 aromatic rings. The molecule has 4 rings (SSSR count). The average Bonchev–Trinajstić information content (AvgIpc) is 2.95. The first-order valence-corrected chi connectivity index (χ1v) is 16.5. The summed E-state index contributed by atoms with van der Waals surface area (Å²) < 4.78 is 47.3. The number of amides is 2. The van der Waals surface area contributed by atoms with Crippen LogP contribution in [0.2, 0.25) is 0 Å². The van der Waals surface area contributed by atoms with Crippen LogP contribution >= 0.6 is 0 Å². The molecule has 1 fully saturated rings. The van der Waals surface area contributed by atoms with Gasteiger partial charge in [0.05, 0.1) is 15.5 Å². The Balaban J connectivity index is 1.50. The monoisotopic (exact) mass is 613 g/mol. The Hall–Kier alpha value is -3.82. The largest absolute Gasteiger partial charge is 0.354 e. The van der Waals surface area contributed by atoms with E-state index in [1.165, 1.54) is 42.5 Å². The topological polar surface area (TPSA) is 192 Å². The summed E-state index contributed by atoms with van der Waals surface area (Å²) in [6.45, 7) is 6.57. The Morgan fingerprint density at radius 2 is 1.50 bits per heavy atom. The number of piperazine rings is 1. The van der Waals surface area contributed by atoms with Crippen molar-refractivity contribution in [2.45, 2.75) is 29.6 Å². The molecule has 0 aliphatic carbocycles. The van der Waals surface area contributed by atoms with Gasteiger partial charge < -0.3 is 15.5 Å². The summed E-state index contributed by atoms with van der Waals surface area (Å²) >= 11 is 0. The number of hydrogen-bond donors (Lipinski definition) is 5. The van der Waals surface area contributed by atoms with Crippen LogP contribution in [0.3, 0.4) is 0 Å². The molecule has 1 saturated heterocycles. The van der Waals surface area contributed by atoms with Gasteiger partial charge in [-0.3, -0.25) is 10.3 Å². The highest BCUT2D eigenvalue weighted by molar-refractivity contribution is 7.89. The van der Waals surface area contributed by atoms with Crippen LogP contribution < -0.4 is 20.9 Å². The number of hydrogen-bond acceptors (Lipinski definition) is 7. The Kier molecular flexibility index (Phi) is 9.64. The minimum absolute atomic E-state index is 0.120. The predicted molar refractivity (Wildman–Crippen MR) is 163 cm³/mol. The van der Waals surface area contributed by atoms with Crippen molar-refractivity contribution >= 4 is 43.3 Å². The molecule has 1 aliphatic heterocycles. The number of anilines is 2. The van der Waals surface area contributed by atoms with E-state index in [-0.39, 0.29) is 15.5 Å². The third-order valence-corrected chi connectivity index (χ3v) is 8.81. The molecule has 0 atom stereocenters. The van der Waals surface area contributed by atoms with Crippen molar-refractivity contribution in [1.82, 2.24) is 9.80 Å². The van der Waals surface area contributed by atoms with Gasteiger partial charge in [0.1, 0.15) is 5.84 Å². The van der Waals surface area contributed by atoms with E-state index in [0.29, 0.717) is 28.2 Å². The second kappa shape index (κ2) is 13.0. The van der Waals surface area contributed by atoms with Gasteiger partial charge >= 0.3 is 6.03 Å². The summed E-state index contributed by atoms with van der Waals surface area (Å²) in [6, 6.07) is 15.8. The number of carbonyl (C=O) groups is 1. The first kappa shape index (κ1) is 31.1. The number of nitrogens with zero attached hydrogens (tertiary/aromatic N) is 2. The highest BCUT2D eigenvalue weighted by Crippen LogP contribution is 2.31. The fourth-order valence-corrected chi connectivity index (χ4v) is 5.72. The van der Waals surface area contributed by atoms with Crippen molar-refractivity contribution in [3.63, 3.8) is 0 Å². The second-order valence-corrected chi connectivity index (χ2v) is 13.1. The molecule has 1 heterocycles. The lowest BCUT2D eigenvalue weighted by Gasteiger charge is -2.36. The zero-order valence-electron chi connectivity index (χ0n) is 23.2. The van der Waals surface area contributed by atoms with E-state index in [9.17, 15) is 21.6 Å². The lowest BCUT2D eigenvalue weighted by atomic mass is 10.0. The van der Waals surface area contributed by atoms with Crippen molar-refractivity contribution < 1.29 is 21.6 Å². The number of nitrogens with one attached hydrogen (secondary N) is 3. The minimum Gasteiger partial charge on any atom is -0.354 e. The Bertz CT molecular complexity index is 1670. The lowest BCUT2D eigenvalue weighted by Crippen LogP contribution is -2.48. The van der Waals surface area contributed by atoms with E-state index in [4.69, 9.17) is 15.7 Å². The average molecular weight is 614 g/mol. The van der Waals surface area contributed by atoms with E-state index >= 15 is 0 Å². The van der Waals surface area contributed by atoms with Gasteiger partial charge in [-0.15, -0.1) is 0 Å². The van der Waals surface area contributed by atoms with Crippen LogP contribution in [0.25, 0.3) is 11.1 Å². The van der Waals surface area contributed by atoms with Crippen molar-refractivity contribution in [3.05, 3.63) is 72.3 Å². The summed E-state index contributed by atoms with van der Waals surface area (Å²) in [5, 5.41) is 24.7. The number of rotatable bonds is 9. The number of carbonyl (C=O) groups excluding carboxylic acids is 1. The van der Waals surface area contributed by atoms with Crippen LogP contribution in [0.4, 0.5) is 16.2 Å². The number of nitrogens with two attached hydrogens (primary N) is 2. The van der Waals surface area contributed by atoms with Gasteiger partial charge in [-0.05, 0) is 61.0 Å². The van der Waals surface area contributed by atoms with Crippen molar-refractivity contribution in [2.24, 2.45) is 10.3 Å². The molecule has 224 valence electrons. The summed E-state index contributed by atoms with van der Waals surface area (Å²) in [6.07, 6.45) is 2.32. The molecule has 42 heavy (non-hydrogen) atoms. The van der Waals surface area contributed by atoms with Crippen molar-refractivity contribution in [3.8, 4) is 11.1 Å². The van der Waals surface area contributed by atoms with Gasteiger partial charge in [0, 0.05) is 43.0 Å². The fourth-order valence-electron chi connectivity index (χ4n) is 4.66. The fraction of sp³-hybridized carbons (Fsp3) is 0.286. The van der Waals surface area contributed by atoms with Gasteiger partial charge in [0.15, 0.2) is 0 Å². The van der Waals surface area contributed by atoms with Crippen LogP contribution in [0.5, 0.6) is 0 Å². The minimum atomic E-state index is -4.06. The molecule has 14 heteroatoms. The Labute approximate surface area is 246 Å². The van der Waals surface area contributed by atoms with E-state index in [1.54, 1.807) is 18.2 Å². The molecule has 0 bridgehead atoms. The molecule has 0 unspecified atom stereocenters. The van der Waals surface area contributed by atoms with Gasteiger partial charge in [-0.25, -0.2) is 31.9 Å². The van der Waals surface area contributed by atoms with E-state index in [0.717, 1.165) is 45.6 Å². The molecule has 3 aromatic carbocycles. The molecule has 7 N–H and O–H groups in total. The first-order valence-electron chi connectivity index (χ1n) is 13.4. The number of amidine groups is 1. The normalized spacial score (nSPS) is 14.4. The summed E-state index contributed by atoms with van der Waals surface area (Å²) in [5.41, 5.74) is 2.12. The lowest BCUT2D eigenvalue weighted by molar-refractivity contribution is 0.180. The van der Waals surface area contributed by atoms with Crippen molar-refractivity contribution in [1.29, 1.82) is 5.41 Å². The molecular weight excluding hydrogens is 578 g/mol. The van der Waals surface area contributed by atoms with Crippen LogP contribution in [0, 0.1) is 5.41 Å². The highest BCUT2D eigenvalue weighted by Gasteiger charge is 2.20. The second-order valence-electron chi connectivity index (χ2n) is 10.0. The SMILES string of the molecule is CCCCN1CCN(C(=N)c2cccc(NC(=O)Nc3ccc(S(N)(=O)=O)cc3-c3ccc(S(N)(=O)=O)cc3)c2)CC1. The molecule has 0 radical (unpaired) electrons. The quantitative estimate of drug-likeness (QED) is 0.181. The summed E-state index contributed by atoms with van der Waals surface area (Å²) in [7, 11) is -8.00. The first-order chi connectivity index (χ1) is 19.8. The highest BCUT2D eigenvalue weighted by atomic mass is 32.2. The molecule has 1 aliphatic rings. The zero-order valence-corrected chi connectivity index (χ0v) is 24.8. The van der Waals surface area contributed by atoms with Gasteiger partial charge in [-0.1, -0.05) is 37.6 Å².